The molecule has 4 rings (SSSR count). The van der Waals surface area contributed by atoms with E-state index in [1.54, 1.807) is 42.6 Å². The van der Waals surface area contributed by atoms with E-state index < -0.39 is 24.5 Å². The molecule has 0 saturated carbocycles. The van der Waals surface area contributed by atoms with Crippen molar-refractivity contribution >= 4 is 28.8 Å². The molecule has 0 spiro atoms. The lowest BCUT2D eigenvalue weighted by Gasteiger charge is -2.13. The Morgan fingerprint density at radius 2 is 1.93 bits per heavy atom. The van der Waals surface area contributed by atoms with Gasteiger partial charge in [-0.25, -0.2) is 14.6 Å². The first-order valence-electron chi connectivity index (χ1n) is 8.70. The number of esters is 1. The zero-order valence-corrected chi connectivity index (χ0v) is 14.8. The van der Waals surface area contributed by atoms with Crippen molar-refractivity contribution in [2.75, 3.05) is 19.7 Å². The van der Waals surface area contributed by atoms with Crippen molar-refractivity contribution in [2.45, 2.75) is 0 Å². The fourth-order valence-corrected chi connectivity index (χ4v) is 2.98. The van der Waals surface area contributed by atoms with Crippen LogP contribution in [0.5, 0.6) is 0 Å². The number of aromatic nitrogens is 2. The average molecular weight is 376 g/mol. The van der Waals surface area contributed by atoms with Crippen molar-refractivity contribution in [1.82, 2.24) is 20.2 Å². The Morgan fingerprint density at radius 3 is 2.68 bits per heavy atom. The van der Waals surface area contributed by atoms with E-state index >= 15 is 0 Å². The average Bonchev–Trinajstić information content (AvgIpc) is 3.17. The van der Waals surface area contributed by atoms with E-state index in [1.807, 2.05) is 12.1 Å². The standard InChI is InChI=1S/C20H16N4O4/c25-18(24-10-9-22-20(24)27)12-28-19(26)14-11-17(16-7-3-4-8-21-16)23-15-6-2-1-5-13(14)15/h1-8,11H,9-10,12H2,(H,22,27). The summed E-state index contributed by atoms with van der Waals surface area (Å²) in [6.07, 6.45) is 1.64. The third-order valence-electron chi connectivity index (χ3n) is 4.35. The number of pyridine rings is 2. The van der Waals surface area contributed by atoms with Crippen LogP contribution in [0.4, 0.5) is 4.79 Å². The summed E-state index contributed by atoms with van der Waals surface area (Å²) in [6, 6.07) is 13.7. The normalized spacial score (nSPS) is 13.4. The number of fused-ring (bicyclic) bond motifs is 1. The first kappa shape index (κ1) is 17.6. The van der Waals surface area contributed by atoms with E-state index in [2.05, 4.69) is 15.3 Å². The Hall–Kier alpha value is -3.81. The number of urea groups is 1. The number of ether oxygens (including phenoxy) is 1. The molecule has 1 aliphatic heterocycles. The molecule has 28 heavy (non-hydrogen) atoms. The van der Waals surface area contributed by atoms with Gasteiger partial charge in [0.25, 0.3) is 5.91 Å². The van der Waals surface area contributed by atoms with Gasteiger partial charge in [-0.05, 0) is 24.3 Å². The molecule has 140 valence electrons. The molecule has 3 amide bonds. The first-order chi connectivity index (χ1) is 13.6. The van der Waals surface area contributed by atoms with Gasteiger partial charge in [0.1, 0.15) is 0 Å². The number of carbonyl (C=O) groups excluding carboxylic acids is 3. The summed E-state index contributed by atoms with van der Waals surface area (Å²) in [4.78, 5) is 46.2. The summed E-state index contributed by atoms with van der Waals surface area (Å²) in [5.41, 5.74) is 2.04. The van der Waals surface area contributed by atoms with Crippen molar-refractivity contribution in [3.8, 4) is 11.4 Å². The van der Waals surface area contributed by atoms with Gasteiger partial charge in [0.05, 0.1) is 22.5 Å². The zero-order valence-electron chi connectivity index (χ0n) is 14.8. The van der Waals surface area contributed by atoms with E-state index in [-0.39, 0.29) is 12.1 Å². The predicted molar refractivity (Wildman–Crippen MR) is 100 cm³/mol. The minimum atomic E-state index is -0.663. The highest BCUT2D eigenvalue weighted by molar-refractivity contribution is 6.05. The van der Waals surface area contributed by atoms with Crippen LogP contribution in [0, 0.1) is 0 Å². The molecule has 0 radical (unpaired) electrons. The molecular formula is C20H16N4O4. The second-order valence-electron chi connectivity index (χ2n) is 6.14. The highest BCUT2D eigenvalue weighted by atomic mass is 16.5. The molecule has 1 aliphatic rings. The number of hydrogen-bond acceptors (Lipinski definition) is 6. The number of nitrogens with one attached hydrogen (secondary N) is 1. The minimum Gasteiger partial charge on any atom is -0.452 e. The lowest BCUT2D eigenvalue weighted by Crippen LogP contribution is -2.37. The van der Waals surface area contributed by atoms with Gasteiger partial charge in [0, 0.05) is 24.7 Å². The summed E-state index contributed by atoms with van der Waals surface area (Å²) in [5, 5.41) is 3.14. The van der Waals surface area contributed by atoms with Crippen LogP contribution in [0.25, 0.3) is 22.3 Å². The van der Waals surface area contributed by atoms with Crippen LogP contribution in [0.3, 0.4) is 0 Å². The van der Waals surface area contributed by atoms with Crippen molar-refractivity contribution in [3.05, 3.63) is 60.3 Å². The van der Waals surface area contributed by atoms with Gasteiger partial charge in [-0.2, -0.15) is 0 Å². The third-order valence-corrected chi connectivity index (χ3v) is 4.35. The molecule has 1 fully saturated rings. The molecule has 8 nitrogen and oxygen atoms in total. The Morgan fingerprint density at radius 1 is 1.11 bits per heavy atom. The Labute approximate surface area is 160 Å². The summed E-state index contributed by atoms with van der Waals surface area (Å²) in [6.45, 7) is 0.139. The van der Waals surface area contributed by atoms with Crippen LogP contribution in [-0.2, 0) is 9.53 Å². The Balaban J connectivity index is 1.62. The first-order valence-corrected chi connectivity index (χ1v) is 8.70. The van der Waals surface area contributed by atoms with Gasteiger partial charge in [-0.1, -0.05) is 24.3 Å². The topological polar surface area (TPSA) is 101 Å². The molecular weight excluding hydrogens is 360 g/mol. The molecule has 0 atom stereocenters. The summed E-state index contributed by atoms with van der Waals surface area (Å²) < 4.78 is 5.19. The van der Waals surface area contributed by atoms with Crippen LogP contribution in [0.2, 0.25) is 0 Å². The molecule has 2 aromatic heterocycles. The maximum absolute atomic E-state index is 12.7. The fraction of sp³-hybridized carbons (Fsp3) is 0.150. The second kappa shape index (κ2) is 7.43. The molecule has 1 N–H and O–H groups in total. The van der Waals surface area contributed by atoms with Gasteiger partial charge < -0.3 is 10.1 Å². The van der Waals surface area contributed by atoms with Crippen LogP contribution < -0.4 is 5.32 Å². The molecule has 8 heteroatoms. The highest BCUT2D eigenvalue weighted by Crippen LogP contribution is 2.24. The van der Waals surface area contributed by atoms with Gasteiger partial charge >= 0.3 is 12.0 Å². The van der Waals surface area contributed by atoms with E-state index in [1.165, 1.54) is 0 Å². The number of imide groups is 1. The predicted octanol–water partition coefficient (Wildman–Crippen LogP) is 2.01. The maximum atomic E-state index is 12.7. The number of hydrogen-bond donors (Lipinski definition) is 1. The fourth-order valence-electron chi connectivity index (χ4n) is 2.98. The third kappa shape index (κ3) is 3.39. The molecule has 1 aromatic carbocycles. The summed E-state index contributed by atoms with van der Waals surface area (Å²) in [5.74, 6) is -1.23. The molecule has 1 saturated heterocycles. The SMILES string of the molecule is O=C(OCC(=O)N1CCNC1=O)c1cc(-c2ccccn2)nc2ccccc12. The Bertz CT molecular complexity index is 1070. The van der Waals surface area contributed by atoms with Crippen LogP contribution in [-0.4, -0.2) is 52.5 Å². The van der Waals surface area contributed by atoms with Crippen LogP contribution in [0.1, 0.15) is 10.4 Å². The van der Waals surface area contributed by atoms with Gasteiger partial charge in [-0.3, -0.25) is 14.7 Å². The highest BCUT2D eigenvalue weighted by Gasteiger charge is 2.27. The molecule has 0 unspecified atom stereocenters. The van der Waals surface area contributed by atoms with Crippen LogP contribution >= 0.6 is 0 Å². The maximum Gasteiger partial charge on any atom is 0.339 e. The van der Waals surface area contributed by atoms with E-state index in [0.29, 0.717) is 28.8 Å². The van der Waals surface area contributed by atoms with E-state index in [9.17, 15) is 14.4 Å². The zero-order chi connectivity index (χ0) is 19.5. The van der Waals surface area contributed by atoms with Gasteiger partial charge in [-0.15, -0.1) is 0 Å². The largest absolute Gasteiger partial charge is 0.452 e. The number of rotatable bonds is 4. The summed E-state index contributed by atoms with van der Waals surface area (Å²) in [7, 11) is 0. The molecule has 0 bridgehead atoms. The molecule has 3 heterocycles. The lowest BCUT2D eigenvalue weighted by atomic mass is 10.1. The smallest absolute Gasteiger partial charge is 0.339 e. The quantitative estimate of drug-likeness (QED) is 0.699. The van der Waals surface area contributed by atoms with E-state index in [0.717, 1.165) is 4.90 Å². The van der Waals surface area contributed by atoms with Gasteiger partial charge in [0.2, 0.25) is 0 Å². The molecule has 3 aromatic rings. The van der Waals surface area contributed by atoms with Crippen molar-refractivity contribution in [3.63, 3.8) is 0 Å². The second-order valence-corrected chi connectivity index (χ2v) is 6.14. The molecule has 0 aliphatic carbocycles. The van der Waals surface area contributed by atoms with Crippen molar-refractivity contribution in [2.24, 2.45) is 0 Å². The number of benzene rings is 1. The van der Waals surface area contributed by atoms with Crippen molar-refractivity contribution in [1.29, 1.82) is 0 Å². The summed E-state index contributed by atoms with van der Waals surface area (Å²) >= 11 is 0. The van der Waals surface area contributed by atoms with Crippen molar-refractivity contribution < 1.29 is 19.1 Å². The number of para-hydroxylation sites is 1. The van der Waals surface area contributed by atoms with Crippen LogP contribution in [0.15, 0.2) is 54.7 Å². The lowest BCUT2D eigenvalue weighted by molar-refractivity contribution is -0.130. The number of nitrogens with zero attached hydrogens (tertiary/aromatic N) is 3. The van der Waals surface area contributed by atoms with Gasteiger partial charge in [0.15, 0.2) is 6.61 Å². The minimum absolute atomic E-state index is 0.261. The monoisotopic (exact) mass is 376 g/mol. The Kier molecular flexibility index (Phi) is 4.67. The number of carbonyl (C=O) groups is 3. The van der Waals surface area contributed by atoms with E-state index in [4.69, 9.17) is 4.74 Å². The number of amides is 3.